The van der Waals surface area contributed by atoms with Crippen molar-refractivity contribution in [1.82, 2.24) is 25.2 Å². The van der Waals surface area contributed by atoms with Gasteiger partial charge in [-0.05, 0) is 42.4 Å². The number of hydrogen-bond donors (Lipinski definition) is 3. The van der Waals surface area contributed by atoms with Crippen LogP contribution in [0.4, 0.5) is 18.4 Å². The number of amides is 5. The Balaban J connectivity index is 1.27. The highest BCUT2D eigenvalue weighted by Gasteiger charge is 2.62. The van der Waals surface area contributed by atoms with Crippen LogP contribution in [-0.4, -0.2) is 96.7 Å². The number of fused-ring (bicyclic) bond motifs is 3. The number of nitrogens with zero attached hydrogens (tertiary/aromatic N) is 2. The Morgan fingerprint density at radius 1 is 1.18 bits per heavy atom. The molecule has 264 valence electrons. The second kappa shape index (κ2) is 13.4. The molecule has 4 bridgehead atoms. The van der Waals surface area contributed by atoms with Crippen molar-refractivity contribution >= 4 is 46.0 Å². The average Bonchev–Trinajstić information content (AvgIpc) is 3.94. The number of sulfonamides is 1. The molecule has 5 amide bonds. The minimum atomic E-state index is -3.97. The van der Waals surface area contributed by atoms with Gasteiger partial charge in [0.2, 0.25) is 28.3 Å². The maximum atomic E-state index is 13.9. The minimum absolute atomic E-state index is 0.0289. The highest BCUT2D eigenvalue weighted by molar-refractivity contribution is 7.91. The topological polar surface area (TPSA) is 181 Å². The number of alkyl carbamates (subject to hydrolysis) is 1. The minimum Gasteiger partial charge on any atom is -0.449 e. The molecular formula is C32H37F2N5O9S. The van der Waals surface area contributed by atoms with Crippen molar-refractivity contribution in [2.45, 2.75) is 87.0 Å². The van der Waals surface area contributed by atoms with Gasteiger partial charge in [-0.2, -0.15) is 0 Å². The summed E-state index contributed by atoms with van der Waals surface area (Å²) >= 11 is 0. The number of rotatable bonds is 8. The zero-order valence-electron chi connectivity index (χ0n) is 26.4. The van der Waals surface area contributed by atoms with Crippen molar-refractivity contribution in [3.63, 3.8) is 0 Å². The number of halogens is 2. The van der Waals surface area contributed by atoms with Crippen LogP contribution < -0.4 is 15.4 Å². The molecule has 0 radical (unpaired) electrons. The van der Waals surface area contributed by atoms with E-state index in [0.29, 0.717) is 12.8 Å². The van der Waals surface area contributed by atoms with Crippen molar-refractivity contribution < 1.29 is 50.6 Å². The van der Waals surface area contributed by atoms with Crippen LogP contribution in [0.3, 0.4) is 0 Å². The van der Waals surface area contributed by atoms with E-state index in [1.165, 1.54) is 11.0 Å². The molecule has 14 nitrogen and oxygen atoms in total. The second-order valence-corrected chi connectivity index (χ2v) is 14.9. The molecule has 6 rings (SSSR count). The molecule has 49 heavy (non-hydrogen) atoms. The first-order chi connectivity index (χ1) is 23.3. The predicted molar refractivity (Wildman–Crippen MR) is 168 cm³/mol. The SMILES string of the molecule is C=C[C@@H]1C[C@]1(NC(=O)[C@@H]1C[C@@H]2CN1C(=O)[C@H](CC(F)F)NC(=O)OCC/C=C/c1cccc3c1CN(C3)C(=O)O2)C(=O)NS(=O)(=O)C1CC1. The summed E-state index contributed by atoms with van der Waals surface area (Å²) < 4.78 is 65.4. The number of ether oxygens (including phenoxy) is 2. The molecule has 1 aromatic rings. The Morgan fingerprint density at radius 3 is 2.65 bits per heavy atom. The van der Waals surface area contributed by atoms with E-state index in [4.69, 9.17) is 9.47 Å². The van der Waals surface area contributed by atoms with Crippen LogP contribution in [0.25, 0.3) is 6.08 Å². The molecule has 2 aliphatic carbocycles. The van der Waals surface area contributed by atoms with Gasteiger partial charge in [-0.25, -0.2) is 26.8 Å². The number of alkyl halides is 2. The summed E-state index contributed by atoms with van der Waals surface area (Å²) in [5, 5.41) is 4.04. The lowest BCUT2D eigenvalue weighted by atomic mass is 10.0. The molecule has 3 fully saturated rings. The zero-order valence-corrected chi connectivity index (χ0v) is 27.3. The fourth-order valence-corrected chi connectivity index (χ4v) is 7.92. The van der Waals surface area contributed by atoms with Crippen molar-refractivity contribution in [2.24, 2.45) is 5.92 Å². The van der Waals surface area contributed by atoms with E-state index < -0.39 is 87.7 Å². The normalized spacial score (nSPS) is 29.2. The van der Waals surface area contributed by atoms with Gasteiger partial charge in [-0.1, -0.05) is 36.4 Å². The van der Waals surface area contributed by atoms with E-state index in [0.717, 1.165) is 21.6 Å². The van der Waals surface area contributed by atoms with Crippen molar-refractivity contribution in [3.05, 3.63) is 53.6 Å². The van der Waals surface area contributed by atoms with Crippen LogP contribution in [0.15, 0.2) is 36.9 Å². The van der Waals surface area contributed by atoms with E-state index in [2.05, 4.69) is 17.2 Å². The summed E-state index contributed by atoms with van der Waals surface area (Å²) in [4.78, 5) is 69.4. The molecule has 5 aliphatic rings. The fraction of sp³-hybridized carbons (Fsp3) is 0.531. The number of carbonyl (C=O) groups excluding carboxylic acids is 5. The lowest BCUT2D eigenvalue weighted by Crippen LogP contribution is -2.58. The Kier molecular flexibility index (Phi) is 9.39. The Labute approximate surface area is 281 Å². The third-order valence-corrected chi connectivity index (χ3v) is 11.3. The molecule has 3 N–H and O–H groups in total. The van der Waals surface area contributed by atoms with Crippen LogP contribution in [0.2, 0.25) is 0 Å². The van der Waals surface area contributed by atoms with Gasteiger partial charge in [-0.3, -0.25) is 24.0 Å². The first kappa shape index (κ1) is 34.3. The first-order valence-electron chi connectivity index (χ1n) is 16.1. The van der Waals surface area contributed by atoms with Gasteiger partial charge < -0.3 is 25.0 Å². The van der Waals surface area contributed by atoms with E-state index in [-0.39, 0.29) is 45.5 Å². The van der Waals surface area contributed by atoms with E-state index >= 15 is 0 Å². The van der Waals surface area contributed by atoms with Crippen molar-refractivity contribution in [3.8, 4) is 0 Å². The van der Waals surface area contributed by atoms with E-state index in [9.17, 15) is 41.2 Å². The third kappa shape index (κ3) is 7.26. The Hall–Kier alpha value is -4.54. The van der Waals surface area contributed by atoms with Gasteiger partial charge >= 0.3 is 12.2 Å². The first-order valence-corrected chi connectivity index (χ1v) is 17.6. The summed E-state index contributed by atoms with van der Waals surface area (Å²) in [6, 6.07) is 2.35. The van der Waals surface area contributed by atoms with E-state index in [1.54, 1.807) is 6.08 Å². The molecule has 3 heterocycles. The Bertz CT molecular complexity index is 1700. The van der Waals surface area contributed by atoms with Crippen LogP contribution in [0, 0.1) is 5.92 Å². The van der Waals surface area contributed by atoms with Gasteiger partial charge in [0.15, 0.2) is 0 Å². The molecule has 0 aromatic heterocycles. The van der Waals surface area contributed by atoms with Gasteiger partial charge in [0.05, 0.1) is 24.9 Å². The lowest BCUT2D eigenvalue weighted by Gasteiger charge is -2.29. The summed E-state index contributed by atoms with van der Waals surface area (Å²) in [6.07, 6.45) is -1.22. The maximum absolute atomic E-state index is 13.9. The van der Waals surface area contributed by atoms with Gasteiger partial charge in [0, 0.05) is 25.3 Å². The molecular weight excluding hydrogens is 668 g/mol. The van der Waals surface area contributed by atoms with Crippen LogP contribution in [0.1, 0.15) is 55.2 Å². The van der Waals surface area contributed by atoms with Gasteiger partial charge in [0.1, 0.15) is 23.7 Å². The number of cyclic esters (lactones) is 1. The lowest BCUT2D eigenvalue weighted by molar-refractivity contribution is -0.141. The fourth-order valence-electron chi connectivity index (χ4n) is 6.56. The summed E-state index contributed by atoms with van der Waals surface area (Å²) in [5.74, 6) is -3.55. The number of carbonyl (C=O) groups is 5. The van der Waals surface area contributed by atoms with Crippen molar-refractivity contribution in [2.75, 3.05) is 13.2 Å². The predicted octanol–water partition coefficient (Wildman–Crippen LogP) is 1.94. The van der Waals surface area contributed by atoms with Crippen LogP contribution in [-0.2, 0) is 47.0 Å². The van der Waals surface area contributed by atoms with Gasteiger partial charge in [0.25, 0.3) is 5.91 Å². The standard InChI is InChI=1S/C32H37F2N5O9S/c1-2-20-14-32(20,29(42)37-49(45,46)22-9-10-22)36-27(40)25-12-21-16-39(25)28(41)24(13-26(33)34)35-30(43)47-11-4-3-6-18-7-5-8-19-15-38(17-23(18)19)31(44)48-21/h2-3,5-8,20-22,24-26H,1,4,9-17H2,(H,35,43)(H,36,40)(H,37,42)/b6-3+/t20-,21-,24+,25+,32-/m1/s1. The second-order valence-electron chi connectivity index (χ2n) is 12.9. The van der Waals surface area contributed by atoms with Crippen LogP contribution >= 0.6 is 0 Å². The summed E-state index contributed by atoms with van der Waals surface area (Å²) in [7, 11) is -3.97. The molecule has 5 atom stereocenters. The van der Waals surface area contributed by atoms with Gasteiger partial charge in [-0.15, -0.1) is 6.58 Å². The molecule has 0 unspecified atom stereocenters. The molecule has 2 saturated carbocycles. The molecule has 17 heteroatoms. The average molecular weight is 706 g/mol. The number of benzene rings is 1. The highest BCUT2D eigenvalue weighted by Crippen LogP contribution is 2.45. The maximum Gasteiger partial charge on any atom is 0.410 e. The smallest absolute Gasteiger partial charge is 0.410 e. The highest BCUT2D eigenvalue weighted by atomic mass is 32.2. The monoisotopic (exact) mass is 705 g/mol. The molecule has 0 spiro atoms. The third-order valence-electron chi connectivity index (χ3n) is 9.46. The largest absolute Gasteiger partial charge is 0.449 e. The Morgan fingerprint density at radius 2 is 1.96 bits per heavy atom. The molecule has 1 saturated heterocycles. The quantitative estimate of drug-likeness (QED) is 0.341. The summed E-state index contributed by atoms with van der Waals surface area (Å²) in [5.41, 5.74) is 0.967. The summed E-state index contributed by atoms with van der Waals surface area (Å²) in [6.45, 7) is 3.64. The zero-order chi connectivity index (χ0) is 35.1. The van der Waals surface area contributed by atoms with Crippen molar-refractivity contribution in [1.29, 1.82) is 0 Å². The number of nitrogens with one attached hydrogen (secondary N) is 3. The van der Waals surface area contributed by atoms with Crippen LogP contribution in [0.5, 0.6) is 0 Å². The number of hydrogen-bond acceptors (Lipinski definition) is 9. The molecule has 1 aromatic carbocycles. The van der Waals surface area contributed by atoms with E-state index in [1.807, 2.05) is 29.0 Å². The molecule has 3 aliphatic heterocycles.